The molecule has 0 atom stereocenters. The lowest BCUT2D eigenvalue weighted by Gasteiger charge is -2.08. The van der Waals surface area contributed by atoms with Gasteiger partial charge in [-0.25, -0.2) is 0 Å². The van der Waals surface area contributed by atoms with Crippen LogP contribution in [0, 0.1) is 17.0 Å². The largest absolute Gasteiger partial charge is 0.355 e. The summed E-state index contributed by atoms with van der Waals surface area (Å²) in [5, 5.41) is 13.8. The fourth-order valence-corrected chi connectivity index (χ4v) is 1.45. The maximum Gasteiger partial charge on any atom is 0.271 e. The first-order valence-electron chi connectivity index (χ1n) is 5.09. The second-order valence-corrected chi connectivity index (χ2v) is 3.62. The number of anilines is 2. The van der Waals surface area contributed by atoms with Crippen LogP contribution in [0.2, 0.25) is 0 Å². The number of nitrogens with zero attached hydrogens (tertiary/aromatic N) is 2. The smallest absolute Gasteiger partial charge is 0.271 e. The summed E-state index contributed by atoms with van der Waals surface area (Å²) in [5.41, 5.74) is 2.61. The van der Waals surface area contributed by atoms with E-state index in [1.54, 1.807) is 30.6 Å². The standard InChI is InChI=1S/C12H11N3O2/c1-9-2-3-11(15(16)17)8-12(9)14-10-4-6-13-7-5-10/h2-8H,1H3,(H,13,14). The highest BCUT2D eigenvalue weighted by atomic mass is 16.6. The highest BCUT2D eigenvalue weighted by Crippen LogP contribution is 2.24. The van der Waals surface area contributed by atoms with Crippen LogP contribution < -0.4 is 5.32 Å². The molecule has 2 rings (SSSR count). The van der Waals surface area contributed by atoms with Crippen molar-refractivity contribution in [3.8, 4) is 0 Å². The van der Waals surface area contributed by atoms with E-state index < -0.39 is 4.92 Å². The minimum absolute atomic E-state index is 0.0761. The highest BCUT2D eigenvalue weighted by molar-refractivity contribution is 5.65. The summed E-state index contributed by atoms with van der Waals surface area (Å²) in [6, 6.07) is 8.35. The van der Waals surface area contributed by atoms with Gasteiger partial charge in [0.15, 0.2) is 0 Å². The number of nitro benzene ring substituents is 1. The van der Waals surface area contributed by atoms with Gasteiger partial charge in [0.1, 0.15) is 0 Å². The van der Waals surface area contributed by atoms with E-state index in [2.05, 4.69) is 10.3 Å². The maximum atomic E-state index is 10.7. The number of hydrogen-bond acceptors (Lipinski definition) is 4. The number of nitrogens with one attached hydrogen (secondary N) is 1. The number of aryl methyl sites for hydroxylation is 1. The van der Waals surface area contributed by atoms with Crippen LogP contribution in [-0.2, 0) is 0 Å². The number of benzene rings is 1. The minimum Gasteiger partial charge on any atom is -0.355 e. The third-order valence-electron chi connectivity index (χ3n) is 2.39. The Morgan fingerprint density at radius 3 is 2.59 bits per heavy atom. The fourth-order valence-electron chi connectivity index (χ4n) is 1.45. The molecule has 1 N–H and O–H groups in total. The Bertz CT molecular complexity index is 541. The molecule has 86 valence electrons. The van der Waals surface area contributed by atoms with Gasteiger partial charge in [0.2, 0.25) is 0 Å². The van der Waals surface area contributed by atoms with Crippen molar-refractivity contribution in [2.45, 2.75) is 6.92 Å². The van der Waals surface area contributed by atoms with Crippen LogP contribution in [0.3, 0.4) is 0 Å². The molecule has 0 aliphatic heterocycles. The lowest BCUT2D eigenvalue weighted by Crippen LogP contribution is -1.95. The Kier molecular flexibility index (Phi) is 3.00. The molecule has 0 unspecified atom stereocenters. The molecule has 0 aliphatic carbocycles. The Hall–Kier alpha value is -2.43. The van der Waals surface area contributed by atoms with Crippen molar-refractivity contribution >= 4 is 17.1 Å². The van der Waals surface area contributed by atoms with Gasteiger partial charge in [0.05, 0.1) is 4.92 Å². The van der Waals surface area contributed by atoms with Crippen LogP contribution in [-0.4, -0.2) is 9.91 Å². The van der Waals surface area contributed by atoms with Crippen molar-refractivity contribution < 1.29 is 4.92 Å². The molecule has 0 aliphatic rings. The number of aromatic nitrogens is 1. The molecule has 0 fully saturated rings. The van der Waals surface area contributed by atoms with Gasteiger partial charge in [-0.3, -0.25) is 15.1 Å². The number of non-ortho nitro benzene ring substituents is 1. The zero-order valence-electron chi connectivity index (χ0n) is 9.25. The van der Waals surface area contributed by atoms with Crippen LogP contribution in [0.4, 0.5) is 17.1 Å². The van der Waals surface area contributed by atoms with E-state index in [1.165, 1.54) is 12.1 Å². The van der Waals surface area contributed by atoms with Crippen molar-refractivity contribution in [2.24, 2.45) is 0 Å². The lowest BCUT2D eigenvalue weighted by atomic mass is 10.1. The molecule has 1 aromatic carbocycles. The normalized spacial score (nSPS) is 9.94. The molecule has 1 heterocycles. The number of nitro groups is 1. The molecule has 0 bridgehead atoms. The van der Waals surface area contributed by atoms with E-state index in [-0.39, 0.29) is 5.69 Å². The average molecular weight is 229 g/mol. The van der Waals surface area contributed by atoms with Crippen LogP contribution in [0.25, 0.3) is 0 Å². The number of pyridine rings is 1. The molecule has 1 aromatic heterocycles. The van der Waals surface area contributed by atoms with Crippen molar-refractivity contribution in [1.82, 2.24) is 4.98 Å². The molecular formula is C12H11N3O2. The van der Waals surface area contributed by atoms with E-state index in [0.717, 1.165) is 16.9 Å². The molecule has 0 saturated carbocycles. The summed E-state index contributed by atoms with van der Waals surface area (Å²) >= 11 is 0. The number of rotatable bonds is 3. The predicted octanol–water partition coefficient (Wildman–Crippen LogP) is 3.04. The highest BCUT2D eigenvalue weighted by Gasteiger charge is 2.08. The molecule has 0 saturated heterocycles. The molecule has 5 nitrogen and oxygen atoms in total. The summed E-state index contributed by atoms with van der Waals surface area (Å²) in [5.74, 6) is 0. The summed E-state index contributed by atoms with van der Waals surface area (Å²) < 4.78 is 0. The Morgan fingerprint density at radius 2 is 1.94 bits per heavy atom. The van der Waals surface area contributed by atoms with E-state index in [1.807, 2.05) is 6.92 Å². The summed E-state index contributed by atoms with van der Waals surface area (Å²) in [7, 11) is 0. The molecule has 5 heteroatoms. The van der Waals surface area contributed by atoms with E-state index in [9.17, 15) is 10.1 Å². The van der Waals surface area contributed by atoms with E-state index in [0.29, 0.717) is 0 Å². The topological polar surface area (TPSA) is 68.1 Å². The van der Waals surface area contributed by atoms with Crippen molar-refractivity contribution in [3.05, 3.63) is 58.4 Å². The van der Waals surface area contributed by atoms with Gasteiger partial charge >= 0.3 is 0 Å². The predicted molar refractivity (Wildman–Crippen MR) is 65.4 cm³/mol. The van der Waals surface area contributed by atoms with Gasteiger partial charge in [0, 0.05) is 35.9 Å². The Labute approximate surface area is 98.3 Å². The van der Waals surface area contributed by atoms with Crippen LogP contribution in [0.15, 0.2) is 42.7 Å². The van der Waals surface area contributed by atoms with Gasteiger partial charge in [-0.05, 0) is 24.6 Å². The Morgan fingerprint density at radius 1 is 1.24 bits per heavy atom. The van der Waals surface area contributed by atoms with Gasteiger partial charge < -0.3 is 5.32 Å². The molecule has 17 heavy (non-hydrogen) atoms. The second kappa shape index (κ2) is 4.61. The van der Waals surface area contributed by atoms with Gasteiger partial charge in [-0.15, -0.1) is 0 Å². The third-order valence-corrected chi connectivity index (χ3v) is 2.39. The molecule has 0 spiro atoms. The first-order chi connectivity index (χ1) is 8.16. The van der Waals surface area contributed by atoms with Crippen molar-refractivity contribution in [2.75, 3.05) is 5.32 Å². The van der Waals surface area contributed by atoms with Gasteiger partial charge in [0.25, 0.3) is 5.69 Å². The maximum absolute atomic E-state index is 10.7. The molecule has 0 amide bonds. The zero-order chi connectivity index (χ0) is 12.3. The number of hydrogen-bond donors (Lipinski definition) is 1. The molecule has 2 aromatic rings. The SMILES string of the molecule is Cc1ccc([N+](=O)[O-])cc1Nc1ccncc1. The molecule has 0 radical (unpaired) electrons. The van der Waals surface area contributed by atoms with E-state index >= 15 is 0 Å². The quantitative estimate of drug-likeness (QED) is 0.648. The fraction of sp³-hybridized carbons (Fsp3) is 0.0833. The van der Waals surface area contributed by atoms with E-state index in [4.69, 9.17) is 0 Å². The summed E-state index contributed by atoms with van der Waals surface area (Å²) in [6.07, 6.45) is 3.32. The first-order valence-corrected chi connectivity index (χ1v) is 5.09. The Balaban J connectivity index is 2.32. The third kappa shape index (κ3) is 2.57. The minimum atomic E-state index is -0.406. The molecular weight excluding hydrogens is 218 g/mol. The van der Waals surface area contributed by atoms with Gasteiger partial charge in [-0.1, -0.05) is 6.07 Å². The second-order valence-electron chi connectivity index (χ2n) is 3.62. The summed E-state index contributed by atoms with van der Waals surface area (Å²) in [6.45, 7) is 1.90. The van der Waals surface area contributed by atoms with Crippen molar-refractivity contribution in [1.29, 1.82) is 0 Å². The monoisotopic (exact) mass is 229 g/mol. The lowest BCUT2D eigenvalue weighted by molar-refractivity contribution is -0.384. The van der Waals surface area contributed by atoms with Crippen LogP contribution >= 0.6 is 0 Å². The van der Waals surface area contributed by atoms with Crippen LogP contribution in [0.1, 0.15) is 5.56 Å². The van der Waals surface area contributed by atoms with Crippen molar-refractivity contribution in [3.63, 3.8) is 0 Å². The van der Waals surface area contributed by atoms with Gasteiger partial charge in [-0.2, -0.15) is 0 Å². The summed E-state index contributed by atoms with van der Waals surface area (Å²) in [4.78, 5) is 14.2. The first kappa shape index (κ1) is 11.1. The van der Waals surface area contributed by atoms with Crippen LogP contribution in [0.5, 0.6) is 0 Å². The zero-order valence-corrected chi connectivity index (χ0v) is 9.25. The average Bonchev–Trinajstić information content (AvgIpc) is 2.33.